The van der Waals surface area contributed by atoms with Crippen LogP contribution in [0.3, 0.4) is 0 Å². The van der Waals surface area contributed by atoms with Crippen molar-refractivity contribution >= 4 is 5.91 Å². The molecule has 2 bridgehead atoms. The molecule has 1 saturated heterocycles. The summed E-state index contributed by atoms with van der Waals surface area (Å²) in [7, 11) is 0. The molecule has 2 fully saturated rings. The van der Waals surface area contributed by atoms with Gasteiger partial charge in [0.2, 0.25) is 5.91 Å². The molecule has 0 aromatic heterocycles. The van der Waals surface area contributed by atoms with E-state index >= 15 is 0 Å². The third-order valence-corrected chi connectivity index (χ3v) is 6.32. The van der Waals surface area contributed by atoms with Crippen LogP contribution in [0, 0.1) is 5.92 Å². The molecule has 4 unspecified atom stereocenters. The molecule has 5 N–H and O–H groups in total. The number of aromatic hydroxyl groups is 1. The van der Waals surface area contributed by atoms with Gasteiger partial charge in [0.1, 0.15) is 5.75 Å². The van der Waals surface area contributed by atoms with E-state index in [0.29, 0.717) is 19.3 Å². The number of phenols is 1. The van der Waals surface area contributed by atoms with Crippen molar-refractivity contribution in [1.82, 2.24) is 10.6 Å². The van der Waals surface area contributed by atoms with Crippen molar-refractivity contribution < 1.29 is 20.1 Å². The first-order valence-electron chi connectivity index (χ1n) is 8.67. The van der Waals surface area contributed by atoms with Gasteiger partial charge in [0.25, 0.3) is 0 Å². The number of nitrogens with one attached hydrogen (secondary N) is 2. The summed E-state index contributed by atoms with van der Waals surface area (Å²) in [5, 5.41) is 36.7. The van der Waals surface area contributed by atoms with Gasteiger partial charge in [0, 0.05) is 23.9 Å². The standard InChI is InChI=1S/C18H24N2O4/c21-6-5-20-16(23)12-9-17-3-4-19-15(18(17,24)10-12)7-11-1-2-13(22)8-14(11)17/h1-2,8,12,15,19,21-22,24H,3-7,9-10H2,(H,20,23). The van der Waals surface area contributed by atoms with Crippen LogP contribution >= 0.6 is 0 Å². The maximum absolute atomic E-state index is 12.5. The molecule has 24 heavy (non-hydrogen) atoms. The van der Waals surface area contributed by atoms with E-state index in [1.54, 1.807) is 12.1 Å². The lowest BCUT2D eigenvalue weighted by molar-refractivity contribution is -0.125. The van der Waals surface area contributed by atoms with Crippen LogP contribution in [0.2, 0.25) is 0 Å². The van der Waals surface area contributed by atoms with Crippen LogP contribution < -0.4 is 10.6 Å². The molecular weight excluding hydrogens is 308 g/mol. The maximum atomic E-state index is 12.5. The summed E-state index contributed by atoms with van der Waals surface area (Å²) in [4.78, 5) is 12.5. The fourth-order valence-corrected chi connectivity index (χ4v) is 5.30. The average Bonchev–Trinajstić information content (AvgIpc) is 2.89. The molecular formula is C18H24N2O4. The predicted octanol–water partition coefficient (Wildman–Crippen LogP) is -0.202. The van der Waals surface area contributed by atoms with Crippen molar-refractivity contribution in [1.29, 1.82) is 0 Å². The highest BCUT2D eigenvalue weighted by Crippen LogP contribution is 2.60. The predicted molar refractivity (Wildman–Crippen MR) is 87.7 cm³/mol. The number of phenolic OH excluding ortho intramolecular Hbond substituents is 1. The van der Waals surface area contributed by atoms with Gasteiger partial charge in [-0.05, 0) is 55.5 Å². The van der Waals surface area contributed by atoms with Crippen LogP contribution in [-0.4, -0.2) is 52.6 Å². The zero-order valence-electron chi connectivity index (χ0n) is 13.6. The van der Waals surface area contributed by atoms with Crippen LogP contribution in [-0.2, 0) is 16.6 Å². The number of hydrogen-bond acceptors (Lipinski definition) is 5. The van der Waals surface area contributed by atoms with Gasteiger partial charge in [-0.15, -0.1) is 0 Å². The normalized spacial score (nSPS) is 36.8. The second kappa shape index (κ2) is 5.44. The van der Waals surface area contributed by atoms with Gasteiger partial charge in [-0.2, -0.15) is 0 Å². The SMILES string of the molecule is O=C(NCCO)C1CC23CCNC(Cc4ccc(O)cc42)C3(O)C1. The monoisotopic (exact) mass is 332 g/mol. The molecule has 6 heteroatoms. The number of amides is 1. The second-order valence-corrected chi connectivity index (χ2v) is 7.43. The van der Waals surface area contributed by atoms with Gasteiger partial charge in [-0.1, -0.05) is 6.07 Å². The van der Waals surface area contributed by atoms with Gasteiger partial charge in [0.05, 0.1) is 12.2 Å². The highest BCUT2D eigenvalue weighted by atomic mass is 16.3. The van der Waals surface area contributed by atoms with Crippen LogP contribution in [0.25, 0.3) is 0 Å². The fraction of sp³-hybridized carbons (Fsp3) is 0.611. The van der Waals surface area contributed by atoms with Crippen LogP contribution in [0.1, 0.15) is 30.4 Å². The third kappa shape index (κ3) is 2.03. The largest absolute Gasteiger partial charge is 0.508 e. The maximum Gasteiger partial charge on any atom is 0.223 e. The molecule has 0 radical (unpaired) electrons. The Morgan fingerprint density at radius 3 is 3.00 bits per heavy atom. The van der Waals surface area contributed by atoms with E-state index in [2.05, 4.69) is 10.6 Å². The lowest BCUT2D eigenvalue weighted by Crippen LogP contribution is -2.68. The Morgan fingerprint density at radius 1 is 1.38 bits per heavy atom. The quantitative estimate of drug-likeness (QED) is 0.528. The number of aliphatic hydroxyl groups excluding tert-OH is 1. The van der Waals surface area contributed by atoms with E-state index in [1.165, 1.54) is 0 Å². The summed E-state index contributed by atoms with van der Waals surface area (Å²) in [6, 6.07) is 5.33. The number of hydrogen-bond donors (Lipinski definition) is 5. The molecule has 1 heterocycles. The van der Waals surface area contributed by atoms with E-state index in [9.17, 15) is 15.0 Å². The van der Waals surface area contributed by atoms with Crippen LogP contribution in [0.5, 0.6) is 5.75 Å². The summed E-state index contributed by atoms with van der Waals surface area (Å²) in [5.41, 5.74) is 0.676. The minimum absolute atomic E-state index is 0.0704. The summed E-state index contributed by atoms with van der Waals surface area (Å²) in [6.07, 6.45) is 2.45. The number of aliphatic hydroxyl groups is 2. The Hall–Kier alpha value is -1.63. The highest BCUT2D eigenvalue weighted by Gasteiger charge is 2.66. The lowest BCUT2D eigenvalue weighted by atomic mass is 9.57. The molecule has 1 aromatic carbocycles. The molecule has 4 rings (SSSR count). The molecule has 1 saturated carbocycles. The molecule has 6 nitrogen and oxygen atoms in total. The van der Waals surface area contributed by atoms with E-state index < -0.39 is 11.0 Å². The number of piperidine rings is 1. The van der Waals surface area contributed by atoms with E-state index in [1.807, 2.05) is 6.07 Å². The van der Waals surface area contributed by atoms with Crippen molar-refractivity contribution in [2.24, 2.45) is 5.92 Å². The number of fused-ring (bicyclic) bond motifs is 1. The molecule has 1 aromatic rings. The Balaban J connectivity index is 1.76. The van der Waals surface area contributed by atoms with E-state index in [0.717, 1.165) is 24.1 Å². The molecule has 2 aliphatic carbocycles. The van der Waals surface area contributed by atoms with E-state index in [-0.39, 0.29) is 36.8 Å². The van der Waals surface area contributed by atoms with Crippen molar-refractivity contribution in [3.05, 3.63) is 29.3 Å². The molecule has 4 atom stereocenters. The molecule has 1 aliphatic heterocycles. The number of carbonyl (C=O) groups excluding carboxylic acids is 1. The fourth-order valence-electron chi connectivity index (χ4n) is 5.30. The third-order valence-electron chi connectivity index (χ3n) is 6.32. The minimum Gasteiger partial charge on any atom is -0.508 e. The van der Waals surface area contributed by atoms with Gasteiger partial charge in [-0.3, -0.25) is 4.79 Å². The topological polar surface area (TPSA) is 102 Å². The minimum atomic E-state index is -0.979. The van der Waals surface area contributed by atoms with Gasteiger partial charge in [-0.25, -0.2) is 0 Å². The van der Waals surface area contributed by atoms with Gasteiger partial charge in [0.15, 0.2) is 0 Å². The van der Waals surface area contributed by atoms with Crippen molar-refractivity contribution in [2.75, 3.05) is 19.7 Å². The summed E-state index contributed by atoms with van der Waals surface area (Å²) in [6.45, 7) is 0.946. The smallest absolute Gasteiger partial charge is 0.223 e. The van der Waals surface area contributed by atoms with Crippen molar-refractivity contribution in [2.45, 2.75) is 42.7 Å². The van der Waals surface area contributed by atoms with Gasteiger partial charge >= 0.3 is 0 Å². The van der Waals surface area contributed by atoms with Crippen molar-refractivity contribution in [3.63, 3.8) is 0 Å². The highest BCUT2D eigenvalue weighted by molar-refractivity contribution is 5.80. The van der Waals surface area contributed by atoms with E-state index in [4.69, 9.17) is 5.11 Å². The summed E-state index contributed by atoms with van der Waals surface area (Å²) in [5.74, 6) is -0.179. The molecule has 0 spiro atoms. The Kier molecular flexibility index (Phi) is 3.60. The average molecular weight is 332 g/mol. The molecule has 1 amide bonds. The zero-order chi connectivity index (χ0) is 16.9. The molecule has 130 valence electrons. The lowest BCUT2D eigenvalue weighted by Gasteiger charge is -2.55. The first kappa shape index (κ1) is 15.9. The number of benzene rings is 1. The van der Waals surface area contributed by atoms with Crippen LogP contribution in [0.4, 0.5) is 0 Å². The Labute approximate surface area is 140 Å². The zero-order valence-corrected chi connectivity index (χ0v) is 13.6. The first-order valence-corrected chi connectivity index (χ1v) is 8.67. The van der Waals surface area contributed by atoms with Crippen molar-refractivity contribution in [3.8, 4) is 5.75 Å². The molecule has 3 aliphatic rings. The Bertz CT molecular complexity index is 679. The second-order valence-electron chi connectivity index (χ2n) is 7.43. The Morgan fingerprint density at radius 2 is 2.21 bits per heavy atom. The first-order chi connectivity index (χ1) is 11.5. The number of rotatable bonds is 3. The summed E-state index contributed by atoms with van der Waals surface area (Å²) < 4.78 is 0. The number of carbonyl (C=O) groups is 1. The summed E-state index contributed by atoms with van der Waals surface area (Å²) >= 11 is 0. The van der Waals surface area contributed by atoms with Crippen LogP contribution in [0.15, 0.2) is 18.2 Å². The van der Waals surface area contributed by atoms with Gasteiger partial charge < -0.3 is 26.0 Å².